The zero-order valence-electron chi connectivity index (χ0n) is 9.21. The van der Waals surface area contributed by atoms with Gasteiger partial charge in [-0.15, -0.1) is 0 Å². The number of nitrogens with zero attached hydrogens (tertiary/aromatic N) is 1. The van der Waals surface area contributed by atoms with Gasteiger partial charge in [0.2, 0.25) is 5.91 Å². The van der Waals surface area contributed by atoms with Crippen molar-refractivity contribution in [2.24, 2.45) is 0 Å². The van der Waals surface area contributed by atoms with Crippen molar-refractivity contribution in [3.8, 4) is 0 Å². The van der Waals surface area contributed by atoms with Crippen LogP contribution in [-0.4, -0.2) is 46.3 Å². The first kappa shape index (κ1) is 12.0. The molecule has 0 spiro atoms. The normalized spacial score (nSPS) is 24.1. The number of benzene rings is 1. The van der Waals surface area contributed by atoms with Gasteiger partial charge in [-0.25, -0.2) is 4.39 Å². The summed E-state index contributed by atoms with van der Waals surface area (Å²) in [4.78, 5) is 13.2. The number of aliphatic hydroxyl groups is 2. The predicted molar refractivity (Wildman–Crippen MR) is 58.7 cm³/mol. The van der Waals surface area contributed by atoms with E-state index in [1.54, 1.807) is 12.1 Å². The van der Waals surface area contributed by atoms with E-state index in [9.17, 15) is 19.4 Å². The number of carbonyl (C=O) groups is 1. The van der Waals surface area contributed by atoms with Gasteiger partial charge in [-0.3, -0.25) is 4.79 Å². The molecule has 2 rings (SSSR count). The van der Waals surface area contributed by atoms with Gasteiger partial charge in [-0.2, -0.15) is 0 Å². The number of β-amino-alcohol motifs (C(OH)–C–C–N with tert-alkyl or cyclic N) is 2. The highest BCUT2D eigenvalue weighted by atomic mass is 19.1. The highest BCUT2D eigenvalue weighted by molar-refractivity contribution is 5.79. The van der Waals surface area contributed by atoms with E-state index in [0.29, 0.717) is 5.56 Å². The van der Waals surface area contributed by atoms with Crippen LogP contribution in [-0.2, 0) is 11.2 Å². The lowest BCUT2D eigenvalue weighted by atomic mass is 10.1. The monoisotopic (exact) mass is 239 g/mol. The van der Waals surface area contributed by atoms with Crippen LogP contribution in [0.4, 0.5) is 4.39 Å². The van der Waals surface area contributed by atoms with E-state index in [-0.39, 0.29) is 31.2 Å². The van der Waals surface area contributed by atoms with Gasteiger partial charge < -0.3 is 15.1 Å². The second-order valence-corrected chi connectivity index (χ2v) is 4.24. The predicted octanol–water partition coefficient (Wildman–Crippen LogP) is -0.0678. The topological polar surface area (TPSA) is 60.8 Å². The Morgan fingerprint density at radius 3 is 2.29 bits per heavy atom. The summed E-state index contributed by atoms with van der Waals surface area (Å²) >= 11 is 0. The van der Waals surface area contributed by atoms with Crippen LogP contribution < -0.4 is 0 Å². The Bertz CT molecular complexity index is 397. The maximum atomic E-state index is 12.7. The number of hydrogen-bond donors (Lipinski definition) is 2. The van der Waals surface area contributed by atoms with Crippen molar-refractivity contribution in [3.05, 3.63) is 35.6 Å². The molecule has 1 heterocycles. The second-order valence-electron chi connectivity index (χ2n) is 4.24. The molecule has 2 atom stereocenters. The van der Waals surface area contributed by atoms with Crippen molar-refractivity contribution in [2.75, 3.05) is 13.1 Å². The number of aliphatic hydroxyl groups excluding tert-OH is 2. The molecular formula is C12H14FNO3. The summed E-state index contributed by atoms with van der Waals surface area (Å²) in [5.41, 5.74) is 0.715. The van der Waals surface area contributed by atoms with Crippen LogP contribution in [0.5, 0.6) is 0 Å². The van der Waals surface area contributed by atoms with Crippen LogP contribution in [0, 0.1) is 5.82 Å². The fourth-order valence-electron chi connectivity index (χ4n) is 1.86. The molecule has 0 radical (unpaired) electrons. The van der Waals surface area contributed by atoms with Gasteiger partial charge in [0, 0.05) is 13.1 Å². The van der Waals surface area contributed by atoms with Gasteiger partial charge in [0.1, 0.15) is 5.82 Å². The molecule has 92 valence electrons. The molecule has 1 amide bonds. The zero-order chi connectivity index (χ0) is 12.4. The number of halogens is 1. The number of rotatable bonds is 2. The third-order valence-electron chi connectivity index (χ3n) is 2.88. The number of likely N-dealkylation sites (tertiary alicyclic amines) is 1. The number of hydrogen-bond acceptors (Lipinski definition) is 3. The summed E-state index contributed by atoms with van der Waals surface area (Å²) in [7, 11) is 0. The molecule has 5 heteroatoms. The Balaban J connectivity index is 1.96. The SMILES string of the molecule is O=C(Cc1ccc(F)cc1)N1CC(O)C(O)C1. The molecule has 2 N–H and O–H groups in total. The Hall–Kier alpha value is -1.46. The molecule has 1 fully saturated rings. The Kier molecular flexibility index (Phi) is 3.40. The molecule has 1 aromatic rings. The number of carbonyl (C=O) groups excluding carboxylic acids is 1. The van der Waals surface area contributed by atoms with Crippen LogP contribution in [0.1, 0.15) is 5.56 Å². The molecule has 0 bridgehead atoms. The van der Waals surface area contributed by atoms with Crippen LogP contribution in [0.25, 0.3) is 0 Å². The maximum absolute atomic E-state index is 12.7. The summed E-state index contributed by atoms with van der Waals surface area (Å²) in [5, 5.41) is 18.7. The van der Waals surface area contributed by atoms with Crippen molar-refractivity contribution in [1.29, 1.82) is 0 Å². The van der Waals surface area contributed by atoms with E-state index >= 15 is 0 Å². The quantitative estimate of drug-likeness (QED) is 0.759. The summed E-state index contributed by atoms with van der Waals surface area (Å²) < 4.78 is 12.7. The Labute approximate surface area is 98.3 Å². The highest BCUT2D eigenvalue weighted by Gasteiger charge is 2.32. The van der Waals surface area contributed by atoms with Gasteiger partial charge in [0.25, 0.3) is 0 Å². The summed E-state index contributed by atoms with van der Waals surface area (Å²) in [6.45, 7) is 0.308. The van der Waals surface area contributed by atoms with Gasteiger partial charge in [-0.1, -0.05) is 12.1 Å². The van der Waals surface area contributed by atoms with Crippen LogP contribution in [0.15, 0.2) is 24.3 Å². The average molecular weight is 239 g/mol. The van der Waals surface area contributed by atoms with E-state index in [1.807, 2.05) is 0 Å². The molecule has 1 aliphatic rings. The third-order valence-corrected chi connectivity index (χ3v) is 2.88. The van der Waals surface area contributed by atoms with Crippen molar-refractivity contribution in [2.45, 2.75) is 18.6 Å². The van der Waals surface area contributed by atoms with Crippen molar-refractivity contribution < 1.29 is 19.4 Å². The van der Waals surface area contributed by atoms with Crippen molar-refractivity contribution in [3.63, 3.8) is 0 Å². The van der Waals surface area contributed by atoms with Gasteiger partial charge >= 0.3 is 0 Å². The average Bonchev–Trinajstić information content (AvgIpc) is 2.63. The maximum Gasteiger partial charge on any atom is 0.227 e. The molecule has 2 unspecified atom stereocenters. The largest absolute Gasteiger partial charge is 0.388 e. The van der Waals surface area contributed by atoms with Crippen molar-refractivity contribution >= 4 is 5.91 Å². The third kappa shape index (κ3) is 2.81. The molecule has 0 saturated carbocycles. The summed E-state index contributed by atoms with van der Waals surface area (Å²) in [6.07, 6.45) is -1.58. The van der Waals surface area contributed by atoms with Crippen LogP contribution in [0.3, 0.4) is 0 Å². The standard InChI is InChI=1S/C12H14FNO3/c13-9-3-1-8(2-4-9)5-12(17)14-6-10(15)11(16)7-14/h1-4,10-11,15-16H,5-7H2. The van der Waals surface area contributed by atoms with E-state index in [2.05, 4.69) is 0 Å². The first-order valence-electron chi connectivity index (χ1n) is 5.44. The van der Waals surface area contributed by atoms with E-state index < -0.39 is 12.2 Å². The minimum absolute atomic E-state index is 0.152. The van der Waals surface area contributed by atoms with Gasteiger partial charge in [0.15, 0.2) is 0 Å². The fraction of sp³-hybridized carbons (Fsp3) is 0.417. The second kappa shape index (κ2) is 4.81. The summed E-state index contributed by atoms with van der Waals surface area (Å²) in [5.74, 6) is -0.513. The zero-order valence-corrected chi connectivity index (χ0v) is 9.21. The molecule has 0 aliphatic carbocycles. The van der Waals surface area contributed by atoms with Crippen LogP contribution in [0.2, 0.25) is 0 Å². The first-order valence-corrected chi connectivity index (χ1v) is 5.44. The lowest BCUT2D eigenvalue weighted by Crippen LogP contribution is -2.31. The highest BCUT2D eigenvalue weighted by Crippen LogP contribution is 2.12. The Morgan fingerprint density at radius 1 is 1.24 bits per heavy atom. The lowest BCUT2D eigenvalue weighted by molar-refractivity contribution is -0.129. The molecule has 1 saturated heterocycles. The first-order chi connectivity index (χ1) is 8.06. The number of amides is 1. The fourth-order valence-corrected chi connectivity index (χ4v) is 1.86. The minimum atomic E-state index is -0.868. The van der Waals surface area contributed by atoms with E-state index in [1.165, 1.54) is 17.0 Å². The molecule has 1 aliphatic heterocycles. The summed E-state index contributed by atoms with van der Waals surface area (Å²) in [6, 6.07) is 5.71. The van der Waals surface area contributed by atoms with E-state index in [0.717, 1.165) is 0 Å². The van der Waals surface area contributed by atoms with E-state index in [4.69, 9.17) is 0 Å². The minimum Gasteiger partial charge on any atom is -0.388 e. The Morgan fingerprint density at radius 2 is 1.76 bits per heavy atom. The smallest absolute Gasteiger partial charge is 0.227 e. The molecule has 17 heavy (non-hydrogen) atoms. The van der Waals surface area contributed by atoms with Gasteiger partial charge in [-0.05, 0) is 17.7 Å². The molecular weight excluding hydrogens is 225 g/mol. The van der Waals surface area contributed by atoms with Gasteiger partial charge in [0.05, 0.1) is 18.6 Å². The molecule has 1 aromatic carbocycles. The van der Waals surface area contributed by atoms with Crippen molar-refractivity contribution in [1.82, 2.24) is 4.90 Å². The lowest BCUT2D eigenvalue weighted by Gasteiger charge is -2.15. The van der Waals surface area contributed by atoms with Crippen LogP contribution >= 0.6 is 0 Å². The molecule has 4 nitrogen and oxygen atoms in total. The molecule has 0 aromatic heterocycles.